The number of hydrogen-bond donors (Lipinski definition) is 0. The molecular weight excluding hydrogens is 204 g/mol. The summed E-state index contributed by atoms with van der Waals surface area (Å²) >= 11 is 6.58. The highest BCUT2D eigenvalue weighted by atomic mass is 33.1. The van der Waals surface area contributed by atoms with Gasteiger partial charge < -0.3 is 4.74 Å². The molecule has 0 aliphatic carbocycles. The zero-order valence-corrected chi connectivity index (χ0v) is 8.64. The number of thiocarbonyl (C=S) groups is 1. The lowest BCUT2D eigenvalue weighted by Gasteiger charge is -2.01. The van der Waals surface area contributed by atoms with Gasteiger partial charge in [0.05, 0.1) is 6.61 Å². The van der Waals surface area contributed by atoms with Crippen LogP contribution >= 0.6 is 45.6 Å². The summed E-state index contributed by atoms with van der Waals surface area (Å²) < 4.78 is 5.93. The van der Waals surface area contributed by atoms with Crippen LogP contribution in [0, 0.1) is 0 Å². The highest BCUT2D eigenvalue weighted by Gasteiger charge is 2.02. The fraction of sp³-hybridized carbons (Fsp3) is 0.800. The summed E-state index contributed by atoms with van der Waals surface area (Å²) in [5, 5.41) is 0. The third-order valence-electron chi connectivity index (χ3n) is 0.856. The van der Waals surface area contributed by atoms with E-state index in [1.54, 1.807) is 11.8 Å². The van der Waals surface area contributed by atoms with E-state index in [0.717, 1.165) is 18.1 Å². The molecular formula is C5H8OS4. The Hall–Kier alpha value is 0.940. The van der Waals surface area contributed by atoms with Crippen LogP contribution in [0.2, 0.25) is 0 Å². The monoisotopic (exact) mass is 212 g/mol. The summed E-state index contributed by atoms with van der Waals surface area (Å²) in [5.41, 5.74) is 0. The molecule has 58 valence electrons. The molecule has 0 unspecified atom stereocenters. The second-order valence-corrected chi connectivity index (χ2v) is 5.99. The number of rotatable bonds is 0. The van der Waals surface area contributed by atoms with Crippen molar-refractivity contribution in [3.05, 3.63) is 0 Å². The van der Waals surface area contributed by atoms with Crippen LogP contribution in [-0.2, 0) is 4.74 Å². The van der Waals surface area contributed by atoms with Gasteiger partial charge in [0.15, 0.2) is 0 Å². The standard InChI is InChI=1S/C5H8OS4/c7-5-6-1-2-9-10-4-3-8-5/h1-4H2. The van der Waals surface area contributed by atoms with Gasteiger partial charge in [-0.05, 0) is 12.2 Å². The average Bonchev–Trinajstić information content (AvgIpc) is 2.02. The van der Waals surface area contributed by atoms with Gasteiger partial charge in [0.2, 0.25) is 4.38 Å². The highest BCUT2D eigenvalue weighted by molar-refractivity contribution is 8.76. The zero-order chi connectivity index (χ0) is 7.23. The molecule has 10 heavy (non-hydrogen) atoms. The van der Waals surface area contributed by atoms with Crippen molar-refractivity contribution in [2.45, 2.75) is 0 Å². The normalized spacial score (nSPS) is 22.2. The summed E-state index contributed by atoms with van der Waals surface area (Å²) in [6.45, 7) is 0.767. The van der Waals surface area contributed by atoms with Gasteiger partial charge >= 0.3 is 0 Å². The Balaban J connectivity index is 2.21. The summed E-state index contributed by atoms with van der Waals surface area (Å²) in [6, 6.07) is 0. The van der Waals surface area contributed by atoms with E-state index < -0.39 is 0 Å². The van der Waals surface area contributed by atoms with Crippen molar-refractivity contribution >= 4 is 50.0 Å². The molecule has 0 amide bonds. The molecule has 1 fully saturated rings. The van der Waals surface area contributed by atoms with Crippen LogP contribution < -0.4 is 0 Å². The summed E-state index contributed by atoms with van der Waals surface area (Å²) in [4.78, 5) is 0. The first-order valence-corrected chi connectivity index (χ1v) is 6.82. The van der Waals surface area contributed by atoms with E-state index in [1.165, 1.54) is 5.75 Å². The maximum atomic E-state index is 5.22. The SMILES string of the molecule is S=C1OCCSSCCS1. The van der Waals surface area contributed by atoms with Gasteiger partial charge in [-0.1, -0.05) is 33.3 Å². The second kappa shape index (κ2) is 5.57. The van der Waals surface area contributed by atoms with Gasteiger partial charge in [-0.15, -0.1) is 0 Å². The molecule has 0 atom stereocenters. The van der Waals surface area contributed by atoms with Crippen molar-refractivity contribution in [3.8, 4) is 0 Å². The Morgan fingerprint density at radius 2 is 2.00 bits per heavy atom. The minimum absolute atomic E-state index is 0.711. The minimum Gasteiger partial charge on any atom is -0.478 e. The van der Waals surface area contributed by atoms with Crippen LogP contribution in [0.3, 0.4) is 0 Å². The van der Waals surface area contributed by atoms with Crippen LogP contribution in [0.5, 0.6) is 0 Å². The van der Waals surface area contributed by atoms with E-state index >= 15 is 0 Å². The quantitative estimate of drug-likeness (QED) is 0.449. The lowest BCUT2D eigenvalue weighted by atomic mass is 10.9. The molecule has 5 heteroatoms. The smallest absolute Gasteiger partial charge is 0.220 e. The number of ether oxygens (including phenoxy) is 1. The Morgan fingerprint density at radius 1 is 1.20 bits per heavy atom. The Labute approximate surface area is 78.4 Å². The maximum Gasteiger partial charge on any atom is 0.220 e. The van der Waals surface area contributed by atoms with E-state index in [-0.39, 0.29) is 0 Å². The lowest BCUT2D eigenvalue weighted by molar-refractivity contribution is 0.350. The molecule has 0 aromatic heterocycles. The molecule has 1 rings (SSSR count). The van der Waals surface area contributed by atoms with Gasteiger partial charge in [-0.3, -0.25) is 0 Å². The van der Waals surface area contributed by atoms with E-state index in [9.17, 15) is 0 Å². The Morgan fingerprint density at radius 3 is 2.90 bits per heavy atom. The fourth-order valence-corrected chi connectivity index (χ4v) is 3.66. The van der Waals surface area contributed by atoms with Crippen molar-refractivity contribution in [1.29, 1.82) is 0 Å². The molecule has 1 saturated heterocycles. The molecule has 1 aliphatic rings. The van der Waals surface area contributed by atoms with Crippen LogP contribution in [0.1, 0.15) is 0 Å². The van der Waals surface area contributed by atoms with E-state index in [0.29, 0.717) is 4.38 Å². The first-order chi connectivity index (χ1) is 4.89. The Kier molecular flexibility index (Phi) is 5.03. The first-order valence-electron chi connectivity index (χ1n) is 2.93. The maximum absolute atomic E-state index is 5.22. The molecule has 1 heterocycles. The summed E-state index contributed by atoms with van der Waals surface area (Å²) in [6.07, 6.45) is 0. The second-order valence-electron chi connectivity index (χ2n) is 1.59. The predicted octanol–water partition coefficient (Wildman–Crippen LogP) is 2.42. The van der Waals surface area contributed by atoms with Gasteiger partial charge in [-0.2, -0.15) is 0 Å². The van der Waals surface area contributed by atoms with Crippen LogP contribution in [-0.4, -0.2) is 28.2 Å². The van der Waals surface area contributed by atoms with Crippen LogP contribution in [0.15, 0.2) is 0 Å². The molecule has 0 radical (unpaired) electrons. The predicted molar refractivity (Wildman–Crippen MR) is 55.9 cm³/mol. The van der Waals surface area contributed by atoms with Crippen molar-refractivity contribution < 1.29 is 4.74 Å². The largest absolute Gasteiger partial charge is 0.478 e. The van der Waals surface area contributed by atoms with Crippen molar-refractivity contribution in [2.75, 3.05) is 23.9 Å². The fourth-order valence-electron chi connectivity index (χ4n) is 0.478. The lowest BCUT2D eigenvalue weighted by Crippen LogP contribution is -2.00. The minimum atomic E-state index is 0.711. The molecule has 1 aliphatic heterocycles. The van der Waals surface area contributed by atoms with Gasteiger partial charge in [-0.25, -0.2) is 0 Å². The Bertz CT molecular complexity index is 104. The molecule has 0 saturated carbocycles. The number of hydrogen-bond acceptors (Lipinski definition) is 5. The van der Waals surface area contributed by atoms with Gasteiger partial charge in [0.1, 0.15) is 0 Å². The van der Waals surface area contributed by atoms with Crippen molar-refractivity contribution in [1.82, 2.24) is 0 Å². The van der Waals surface area contributed by atoms with E-state index in [4.69, 9.17) is 17.0 Å². The van der Waals surface area contributed by atoms with Crippen LogP contribution in [0.4, 0.5) is 0 Å². The number of thioether (sulfide) groups is 1. The molecule has 0 bridgehead atoms. The van der Waals surface area contributed by atoms with Crippen molar-refractivity contribution in [2.24, 2.45) is 0 Å². The van der Waals surface area contributed by atoms with E-state index in [1.807, 2.05) is 21.6 Å². The third kappa shape index (κ3) is 3.95. The van der Waals surface area contributed by atoms with E-state index in [2.05, 4.69) is 0 Å². The molecule has 0 aromatic carbocycles. The average molecular weight is 212 g/mol. The van der Waals surface area contributed by atoms with Gasteiger partial charge in [0.25, 0.3) is 0 Å². The third-order valence-corrected chi connectivity index (χ3v) is 4.72. The summed E-state index contributed by atoms with van der Waals surface area (Å²) in [5.74, 6) is 3.29. The van der Waals surface area contributed by atoms with Crippen molar-refractivity contribution in [3.63, 3.8) is 0 Å². The topological polar surface area (TPSA) is 9.23 Å². The molecule has 0 aromatic rings. The highest BCUT2D eigenvalue weighted by Crippen LogP contribution is 2.24. The molecule has 0 N–H and O–H groups in total. The van der Waals surface area contributed by atoms with Gasteiger partial charge in [0, 0.05) is 17.3 Å². The zero-order valence-electron chi connectivity index (χ0n) is 5.37. The molecule has 0 spiro atoms. The van der Waals surface area contributed by atoms with Crippen LogP contribution in [0.25, 0.3) is 0 Å². The first kappa shape index (κ1) is 9.03. The molecule has 1 nitrogen and oxygen atoms in total. The summed E-state index contributed by atoms with van der Waals surface area (Å²) in [7, 11) is 3.76.